The summed E-state index contributed by atoms with van der Waals surface area (Å²) in [7, 11) is 0. The molecule has 0 aliphatic rings. The third-order valence-corrected chi connectivity index (χ3v) is 5.89. The molecule has 156 valence electrons. The summed E-state index contributed by atoms with van der Waals surface area (Å²) in [5.74, 6) is -0.661. The number of aromatic nitrogens is 1. The molecule has 0 saturated carbocycles. The number of nitrogens with one attached hydrogen (secondary N) is 3. The van der Waals surface area contributed by atoms with Crippen LogP contribution in [0.5, 0.6) is 0 Å². The first kappa shape index (κ1) is 20.6. The van der Waals surface area contributed by atoms with Gasteiger partial charge >= 0.3 is 0 Å². The van der Waals surface area contributed by atoms with Crippen molar-refractivity contribution in [1.29, 1.82) is 0 Å². The molecule has 0 bridgehead atoms. The van der Waals surface area contributed by atoms with Gasteiger partial charge in [0.2, 0.25) is 5.91 Å². The highest BCUT2D eigenvalue weighted by atomic mass is 32.1. The van der Waals surface area contributed by atoms with Crippen molar-refractivity contribution in [3.05, 3.63) is 88.2 Å². The number of rotatable bonds is 7. The predicted octanol–water partition coefficient (Wildman–Crippen LogP) is 4.41. The van der Waals surface area contributed by atoms with Crippen molar-refractivity contribution in [3.8, 4) is 0 Å². The number of hydrogen-bond acceptors (Lipinski definition) is 4. The highest BCUT2D eigenvalue weighted by molar-refractivity contribution is 7.12. The molecular formula is C24H21N3O3S. The van der Waals surface area contributed by atoms with E-state index in [1.54, 1.807) is 36.4 Å². The van der Waals surface area contributed by atoms with Crippen LogP contribution in [0.2, 0.25) is 0 Å². The maximum atomic E-state index is 13.1. The predicted molar refractivity (Wildman–Crippen MR) is 123 cm³/mol. The van der Waals surface area contributed by atoms with Crippen LogP contribution in [0.4, 0.5) is 5.69 Å². The quantitative estimate of drug-likeness (QED) is 0.379. The molecular weight excluding hydrogens is 410 g/mol. The van der Waals surface area contributed by atoms with E-state index in [1.807, 2.05) is 35.8 Å². The number of amides is 2. The molecule has 0 fully saturated rings. The van der Waals surface area contributed by atoms with Crippen LogP contribution in [0.1, 0.15) is 32.5 Å². The number of aromatic amines is 1. The number of ketones is 1. The number of thiophene rings is 1. The van der Waals surface area contributed by atoms with E-state index in [9.17, 15) is 14.4 Å². The van der Waals surface area contributed by atoms with E-state index in [-0.39, 0.29) is 17.6 Å². The molecule has 2 aromatic heterocycles. The van der Waals surface area contributed by atoms with Crippen molar-refractivity contribution in [2.45, 2.75) is 19.4 Å². The Bertz CT molecular complexity index is 1230. The second kappa shape index (κ2) is 8.97. The molecule has 0 saturated heterocycles. The van der Waals surface area contributed by atoms with Gasteiger partial charge in [0.25, 0.3) is 5.91 Å². The van der Waals surface area contributed by atoms with E-state index in [4.69, 9.17) is 0 Å². The van der Waals surface area contributed by atoms with E-state index in [0.29, 0.717) is 22.5 Å². The number of carbonyl (C=O) groups excluding carboxylic acids is 3. The number of carbonyl (C=O) groups is 3. The maximum Gasteiger partial charge on any atom is 0.262 e. The molecule has 6 nitrogen and oxygen atoms in total. The van der Waals surface area contributed by atoms with Gasteiger partial charge in [-0.2, -0.15) is 0 Å². The van der Waals surface area contributed by atoms with Crippen LogP contribution >= 0.6 is 11.3 Å². The number of hydrogen-bond donors (Lipinski definition) is 3. The summed E-state index contributed by atoms with van der Waals surface area (Å²) >= 11 is 1.32. The zero-order chi connectivity index (χ0) is 21.8. The Morgan fingerprint density at radius 2 is 1.77 bits per heavy atom. The van der Waals surface area contributed by atoms with Crippen molar-refractivity contribution < 1.29 is 14.4 Å². The van der Waals surface area contributed by atoms with Crippen molar-refractivity contribution in [1.82, 2.24) is 10.3 Å². The summed E-state index contributed by atoms with van der Waals surface area (Å²) in [6.07, 6.45) is 2.20. The van der Waals surface area contributed by atoms with Gasteiger partial charge in [-0.15, -0.1) is 11.3 Å². The van der Waals surface area contributed by atoms with Crippen LogP contribution in [-0.4, -0.2) is 28.6 Å². The zero-order valence-corrected chi connectivity index (χ0v) is 17.7. The first-order valence-electron chi connectivity index (χ1n) is 9.82. The molecule has 0 aliphatic heterocycles. The lowest BCUT2D eigenvalue weighted by Crippen LogP contribution is -2.45. The average Bonchev–Trinajstić information content (AvgIpc) is 3.44. The van der Waals surface area contributed by atoms with Crippen LogP contribution in [0.15, 0.2) is 72.2 Å². The molecule has 7 heteroatoms. The van der Waals surface area contributed by atoms with E-state index in [2.05, 4.69) is 15.6 Å². The van der Waals surface area contributed by atoms with Crippen LogP contribution < -0.4 is 10.6 Å². The van der Waals surface area contributed by atoms with E-state index < -0.39 is 6.04 Å². The Hall–Kier alpha value is -3.71. The van der Waals surface area contributed by atoms with Gasteiger partial charge in [-0.25, -0.2) is 0 Å². The second-order valence-corrected chi connectivity index (χ2v) is 8.14. The number of fused-ring (bicyclic) bond motifs is 1. The Morgan fingerprint density at radius 1 is 1.00 bits per heavy atom. The molecule has 2 amide bonds. The minimum atomic E-state index is -0.777. The highest BCUT2D eigenvalue weighted by Gasteiger charge is 2.24. The number of para-hydroxylation sites is 1. The van der Waals surface area contributed by atoms with Gasteiger partial charge in [-0.3, -0.25) is 14.4 Å². The largest absolute Gasteiger partial charge is 0.361 e. The normalized spacial score (nSPS) is 11.8. The molecule has 2 aromatic carbocycles. The third kappa shape index (κ3) is 4.73. The monoisotopic (exact) mass is 431 g/mol. The lowest BCUT2D eigenvalue weighted by molar-refractivity contribution is -0.118. The minimum absolute atomic E-state index is 0.0432. The van der Waals surface area contributed by atoms with Crippen molar-refractivity contribution in [3.63, 3.8) is 0 Å². The Balaban J connectivity index is 1.57. The first-order chi connectivity index (χ1) is 15.0. The molecule has 1 atom stereocenters. The summed E-state index contributed by atoms with van der Waals surface area (Å²) in [6.45, 7) is 1.49. The molecule has 31 heavy (non-hydrogen) atoms. The fraction of sp³-hybridized carbons (Fsp3) is 0.125. The molecule has 2 heterocycles. The summed E-state index contributed by atoms with van der Waals surface area (Å²) in [6, 6.07) is 17.3. The van der Waals surface area contributed by atoms with E-state index >= 15 is 0 Å². The fourth-order valence-electron chi connectivity index (χ4n) is 3.38. The lowest BCUT2D eigenvalue weighted by Gasteiger charge is -2.18. The smallest absolute Gasteiger partial charge is 0.262 e. The summed E-state index contributed by atoms with van der Waals surface area (Å²) < 4.78 is 0. The summed E-state index contributed by atoms with van der Waals surface area (Å²) in [5.41, 5.74) is 3.04. The molecule has 4 rings (SSSR count). The van der Waals surface area contributed by atoms with Crippen molar-refractivity contribution in [2.75, 3.05) is 5.32 Å². The van der Waals surface area contributed by atoms with Crippen molar-refractivity contribution in [2.24, 2.45) is 0 Å². The average molecular weight is 432 g/mol. The topological polar surface area (TPSA) is 91.1 Å². The van der Waals surface area contributed by atoms with Crippen molar-refractivity contribution >= 4 is 45.5 Å². The van der Waals surface area contributed by atoms with Crippen LogP contribution in [0.25, 0.3) is 10.9 Å². The standard InChI is InChI=1S/C24H21N3O3S/c1-15(28)16-8-10-18(11-9-16)26-23(29)21(27-24(30)22-7-4-12-31-22)13-17-14-25-20-6-3-2-5-19(17)20/h2-12,14,21,25H,13H2,1H3,(H,26,29)(H,27,30)/t21-/m0/s1. The van der Waals surface area contributed by atoms with Crippen LogP contribution in [0.3, 0.4) is 0 Å². The number of benzene rings is 2. The molecule has 4 aromatic rings. The third-order valence-electron chi connectivity index (χ3n) is 5.02. The van der Waals surface area contributed by atoms with Gasteiger partial charge in [0, 0.05) is 34.8 Å². The Kier molecular flexibility index (Phi) is 5.95. The lowest BCUT2D eigenvalue weighted by atomic mass is 10.0. The number of Topliss-reactive ketones (excluding diaryl/α,β-unsaturated/α-hetero) is 1. The maximum absolute atomic E-state index is 13.1. The van der Waals surface area contributed by atoms with Gasteiger partial charge < -0.3 is 15.6 Å². The van der Waals surface area contributed by atoms with E-state index in [0.717, 1.165) is 16.5 Å². The Labute approximate surface area is 183 Å². The highest BCUT2D eigenvalue weighted by Crippen LogP contribution is 2.20. The summed E-state index contributed by atoms with van der Waals surface area (Å²) in [5, 5.41) is 8.54. The number of H-pyrrole nitrogens is 1. The fourth-order valence-corrected chi connectivity index (χ4v) is 4.01. The summed E-state index contributed by atoms with van der Waals surface area (Å²) in [4.78, 5) is 41.0. The first-order valence-corrected chi connectivity index (χ1v) is 10.7. The van der Waals surface area contributed by atoms with Gasteiger partial charge in [0.15, 0.2) is 5.78 Å². The second-order valence-electron chi connectivity index (χ2n) is 7.19. The molecule has 0 radical (unpaired) electrons. The SMILES string of the molecule is CC(=O)c1ccc(NC(=O)[C@H](Cc2c[nH]c3ccccc23)NC(=O)c2cccs2)cc1. The van der Waals surface area contributed by atoms with Gasteiger partial charge in [-0.05, 0) is 54.3 Å². The van der Waals surface area contributed by atoms with Gasteiger partial charge in [0.05, 0.1) is 4.88 Å². The van der Waals surface area contributed by atoms with Crippen LogP contribution in [0, 0.1) is 0 Å². The van der Waals surface area contributed by atoms with Crippen LogP contribution in [-0.2, 0) is 11.2 Å². The minimum Gasteiger partial charge on any atom is -0.361 e. The number of anilines is 1. The van der Waals surface area contributed by atoms with Gasteiger partial charge in [-0.1, -0.05) is 24.3 Å². The molecule has 0 unspecified atom stereocenters. The molecule has 0 spiro atoms. The van der Waals surface area contributed by atoms with Gasteiger partial charge in [0.1, 0.15) is 6.04 Å². The zero-order valence-electron chi connectivity index (χ0n) is 16.8. The molecule has 3 N–H and O–H groups in total. The Morgan fingerprint density at radius 3 is 2.48 bits per heavy atom. The molecule has 0 aliphatic carbocycles. The van der Waals surface area contributed by atoms with E-state index in [1.165, 1.54) is 18.3 Å².